The van der Waals surface area contributed by atoms with E-state index in [1.165, 1.54) is 12.1 Å². The van der Waals surface area contributed by atoms with Gasteiger partial charge in [0.15, 0.2) is 5.92 Å². The van der Waals surface area contributed by atoms with E-state index in [2.05, 4.69) is 10.2 Å². The second kappa shape index (κ2) is 9.56. The standard InChI is InChI=1S/C23H24ClFN4O3/c1-2-32-22(31)19-20(15-3-5-16(24)6-4-15)26-23(27-21(19)30)29-13-11-28(12-14-29)18-9-7-17(25)8-10-18/h3-10,19-20H,2,11-14H2,1H3,(H,26,27,30)/t19-,20+/m0/s1. The zero-order valence-corrected chi connectivity index (χ0v) is 18.4. The summed E-state index contributed by atoms with van der Waals surface area (Å²) in [6, 6.07) is 12.7. The molecule has 1 saturated heterocycles. The average molecular weight is 459 g/mol. The lowest BCUT2D eigenvalue weighted by Gasteiger charge is -2.39. The highest BCUT2D eigenvalue weighted by atomic mass is 35.5. The lowest BCUT2D eigenvalue weighted by atomic mass is 9.91. The highest BCUT2D eigenvalue weighted by Gasteiger charge is 2.42. The number of hydrogen-bond acceptors (Lipinski definition) is 6. The van der Waals surface area contributed by atoms with E-state index in [1.54, 1.807) is 43.3 Å². The lowest BCUT2D eigenvalue weighted by molar-refractivity contribution is -0.153. The number of halogens is 2. The maximum absolute atomic E-state index is 13.2. The van der Waals surface area contributed by atoms with Crippen molar-refractivity contribution in [3.8, 4) is 0 Å². The third-order valence-corrected chi connectivity index (χ3v) is 5.87. The van der Waals surface area contributed by atoms with Crippen LogP contribution in [0, 0.1) is 11.7 Å². The number of esters is 1. The second-order valence-corrected chi connectivity index (χ2v) is 8.06. The van der Waals surface area contributed by atoms with Gasteiger partial charge in [-0.3, -0.25) is 14.9 Å². The van der Waals surface area contributed by atoms with Gasteiger partial charge in [0, 0.05) is 36.9 Å². The molecule has 0 aromatic heterocycles. The molecule has 0 bridgehead atoms. The smallest absolute Gasteiger partial charge is 0.321 e. The van der Waals surface area contributed by atoms with Crippen LogP contribution in [0.1, 0.15) is 18.5 Å². The van der Waals surface area contributed by atoms with E-state index in [9.17, 15) is 14.0 Å². The molecule has 7 nitrogen and oxygen atoms in total. The van der Waals surface area contributed by atoms with Gasteiger partial charge in [0.25, 0.3) is 0 Å². The number of aliphatic imine (C=N–C) groups is 1. The first kappa shape index (κ1) is 22.1. The number of benzene rings is 2. The van der Waals surface area contributed by atoms with E-state index in [4.69, 9.17) is 21.3 Å². The molecule has 1 fully saturated rings. The molecule has 1 N–H and O–H groups in total. The molecular formula is C23H24ClFN4O3. The summed E-state index contributed by atoms with van der Waals surface area (Å²) in [6.45, 7) is 4.49. The van der Waals surface area contributed by atoms with Gasteiger partial charge < -0.3 is 14.5 Å². The summed E-state index contributed by atoms with van der Waals surface area (Å²) in [6.07, 6.45) is 0. The van der Waals surface area contributed by atoms with Crippen LogP contribution >= 0.6 is 11.6 Å². The first-order valence-electron chi connectivity index (χ1n) is 10.5. The van der Waals surface area contributed by atoms with Crippen molar-refractivity contribution in [3.05, 3.63) is 64.9 Å². The molecule has 0 unspecified atom stereocenters. The Kier molecular flexibility index (Phi) is 6.60. The fourth-order valence-electron chi connectivity index (χ4n) is 3.95. The van der Waals surface area contributed by atoms with Crippen molar-refractivity contribution < 1.29 is 18.7 Å². The average Bonchev–Trinajstić information content (AvgIpc) is 2.80. The lowest BCUT2D eigenvalue weighted by Crippen LogP contribution is -2.57. The van der Waals surface area contributed by atoms with E-state index in [0.29, 0.717) is 42.7 Å². The Morgan fingerprint density at radius 2 is 1.72 bits per heavy atom. The van der Waals surface area contributed by atoms with Crippen molar-refractivity contribution in [2.24, 2.45) is 10.9 Å². The Balaban J connectivity index is 1.55. The Morgan fingerprint density at radius 1 is 1.09 bits per heavy atom. The number of hydrogen-bond donors (Lipinski definition) is 1. The van der Waals surface area contributed by atoms with Gasteiger partial charge in [-0.25, -0.2) is 9.38 Å². The number of carbonyl (C=O) groups excluding carboxylic acids is 2. The summed E-state index contributed by atoms with van der Waals surface area (Å²) in [5, 5.41) is 3.35. The van der Waals surface area contributed by atoms with Crippen LogP contribution < -0.4 is 10.2 Å². The van der Waals surface area contributed by atoms with Crippen LogP contribution in [0.4, 0.5) is 10.1 Å². The maximum Gasteiger partial charge on any atom is 0.321 e. The molecule has 2 aliphatic heterocycles. The summed E-state index contributed by atoms with van der Waals surface area (Å²) >= 11 is 6.01. The van der Waals surface area contributed by atoms with E-state index in [0.717, 1.165) is 5.69 Å². The normalized spacial score (nSPS) is 21.1. The summed E-state index contributed by atoms with van der Waals surface area (Å²) in [4.78, 5) is 34.4. The van der Waals surface area contributed by atoms with Crippen molar-refractivity contribution in [2.75, 3.05) is 37.7 Å². The zero-order chi connectivity index (χ0) is 22.7. The number of piperazine rings is 1. The van der Waals surface area contributed by atoms with Gasteiger partial charge in [0.2, 0.25) is 11.9 Å². The molecule has 2 heterocycles. The van der Waals surface area contributed by atoms with Crippen molar-refractivity contribution in [1.82, 2.24) is 10.2 Å². The van der Waals surface area contributed by atoms with Crippen molar-refractivity contribution >= 4 is 35.1 Å². The van der Waals surface area contributed by atoms with Crippen LogP contribution in [0.3, 0.4) is 0 Å². The van der Waals surface area contributed by atoms with E-state index < -0.39 is 23.8 Å². The molecule has 2 atom stereocenters. The second-order valence-electron chi connectivity index (χ2n) is 7.62. The van der Waals surface area contributed by atoms with E-state index >= 15 is 0 Å². The van der Waals surface area contributed by atoms with Gasteiger partial charge in [0.1, 0.15) is 11.9 Å². The summed E-state index contributed by atoms with van der Waals surface area (Å²) < 4.78 is 18.3. The summed E-state index contributed by atoms with van der Waals surface area (Å²) in [5.74, 6) is -1.94. The highest BCUT2D eigenvalue weighted by molar-refractivity contribution is 6.30. The van der Waals surface area contributed by atoms with Gasteiger partial charge >= 0.3 is 5.97 Å². The molecule has 4 rings (SSSR count). The van der Waals surface area contributed by atoms with Crippen LogP contribution in [0.25, 0.3) is 0 Å². The molecule has 168 valence electrons. The molecule has 0 spiro atoms. The predicted octanol–water partition coefficient (Wildman–Crippen LogP) is 3.01. The molecule has 2 aromatic carbocycles. The molecule has 32 heavy (non-hydrogen) atoms. The molecular weight excluding hydrogens is 435 g/mol. The van der Waals surface area contributed by atoms with E-state index in [-0.39, 0.29) is 12.4 Å². The number of rotatable bonds is 4. The van der Waals surface area contributed by atoms with Crippen LogP contribution in [0.2, 0.25) is 5.02 Å². The number of anilines is 1. The SMILES string of the molecule is CCOC(=O)[C@@H]1C(=O)NC(N2CCN(c3ccc(F)cc3)CC2)=N[C@@H]1c1ccc(Cl)cc1. The number of nitrogens with one attached hydrogen (secondary N) is 1. The van der Waals surface area contributed by atoms with E-state index in [1.807, 2.05) is 4.90 Å². The Morgan fingerprint density at radius 3 is 2.34 bits per heavy atom. The molecule has 2 aliphatic rings. The van der Waals surface area contributed by atoms with Crippen molar-refractivity contribution in [2.45, 2.75) is 13.0 Å². The molecule has 0 saturated carbocycles. The summed E-state index contributed by atoms with van der Waals surface area (Å²) in [7, 11) is 0. The van der Waals surface area contributed by atoms with Crippen LogP contribution in [-0.2, 0) is 14.3 Å². The van der Waals surface area contributed by atoms with Gasteiger partial charge in [-0.15, -0.1) is 0 Å². The Bertz CT molecular complexity index is 1000. The van der Waals surface area contributed by atoms with Crippen molar-refractivity contribution in [3.63, 3.8) is 0 Å². The van der Waals surface area contributed by atoms with Crippen LogP contribution in [0.15, 0.2) is 53.5 Å². The monoisotopic (exact) mass is 458 g/mol. The fourth-order valence-corrected chi connectivity index (χ4v) is 4.08. The fraction of sp³-hybridized carbons (Fsp3) is 0.348. The van der Waals surface area contributed by atoms with Crippen molar-refractivity contribution in [1.29, 1.82) is 0 Å². The number of nitrogens with zero attached hydrogens (tertiary/aromatic N) is 3. The molecule has 0 aliphatic carbocycles. The topological polar surface area (TPSA) is 74.2 Å². The van der Waals surface area contributed by atoms with Gasteiger partial charge in [-0.1, -0.05) is 23.7 Å². The number of guanidine groups is 1. The van der Waals surface area contributed by atoms with Crippen LogP contribution in [-0.4, -0.2) is 55.5 Å². The van der Waals surface area contributed by atoms with Crippen LogP contribution in [0.5, 0.6) is 0 Å². The maximum atomic E-state index is 13.2. The first-order chi connectivity index (χ1) is 15.5. The minimum Gasteiger partial charge on any atom is -0.465 e. The highest BCUT2D eigenvalue weighted by Crippen LogP contribution is 2.32. The van der Waals surface area contributed by atoms with Gasteiger partial charge in [-0.2, -0.15) is 0 Å². The number of amides is 1. The number of ether oxygens (including phenoxy) is 1. The largest absolute Gasteiger partial charge is 0.465 e. The minimum absolute atomic E-state index is 0.178. The third kappa shape index (κ3) is 4.70. The Labute approximate surface area is 190 Å². The molecule has 2 aromatic rings. The molecule has 0 radical (unpaired) electrons. The zero-order valence-electron chi connectivity index (χ0n) is 17.6. The van der Waals surface area contributed by atoms with Gasteiger partial charge in [-0.05, 0) is 48.9 Å². The molecule has 1 amide bonds. The number of carbonyl (C=O) groups is 2. The summed E-state index contributed by atoms with van der Waals surface area (Å²) in [5.41, 5.74) is 1.66. The first-order valence-corrected chi connectivity index (χ1v) is 10.9. The predicted molar refractivity (Wildman–Crippen MR) is 120 cm³/mol. The molecule has 9 heteroatoms. The van der Waals surface area contributed by atoms with Gasteiger partial charge in [0.05, 0.1) is 6.61 Å². The minimum atomic E-state index is -1.07. The third-order valence-electron chi connectivity index (χ3n) is 5.62. The Hall–Kier alpha value is -3.13. The quantitative estimate of drug-likeness (QED) is 0.563.